The van der Waals surface area contributed by atoms with Crippen molar-refractivity contribution in [2.45, 2.75) is 32.4 Å². The van der Waals surface area contributed by atoms with Gasteiger partial charge >= 0.3 is 21.7 Å². The van der Waals surface area contributed by atoms with Crippen LogP contribution in [0.2, 0.25) is 13.1 Å². The van der Waals surface area contributed by atoms with Crippen LogP contribution in [-0.4, -0.2) is 9.52 Å². The second kappa shape index (κ2) is 17.4. The van der Waals surface area contributed by atoms with Crippen LogP contribution in [0.3, 0.4) is 0 Å². The van der Waals surface area contributed by atoms with Crippen molar-refractivity contribution in [1.29, 1.82) is 0 Å². The molecule has 0 aliphatic heterocycles. The van der Waals surface area contributed by atoms with Crippen molar-refractivity contribution in [3.8, 4) is 11.1 Å². The van der Waals surface area contributed by atoms with E-state index < -0.39 is 0 Å². The van der Waals surface area contributed by atoms with Gasteiger partial charge in [0.05, 0.1) is 0 Å². The van der Waals surface area contributed by atoms with Gasteiger partial charge in [0.2, 0.25) is 0 Å². The van der Waals surface area contributed by atoms with Crippen molar-refractivity contribution in [2.24, 2.45) is 0 Å². The maximum Gasteiger partial charge on any atom is 2.00 e. The molecule has 196 valence electrons. The number of rotatable bonds is 3. The molecule has 7 rings (SSSR count). The summed E-state index contributed by atoms with van der Waals surface area (Å²) >= 11 is 0. The molecule has 2 radical (unpaired) electrons. The third-order valence-corrected chi connectivity index (χ3v) is 6.55. The van der Waals surface area contributed by atoms with Gasteiger partial charge in [-0.3, -0.25) is 0 Å². The Morgan fingerprint density at radius 3 is 1.82 bits per heavy atom. The van der Waals surface area contributed by atoms with E-state index in [-0.39, 0.29) is 21.7 Å². The monoisotopic (exact) mass is 568 g/mol. The minimum atomic E-state index is 0. The standard InChI is InChI=1S/C14H14.C13H9.C9H7.C2H6Si.Ti/c1-3-7-13(8-4-1)11-12-14-9-5-2-6-10-14;1-3-7-12-10(5-1)9-11-6-2-4-8-13(11)12;1-2-5-9-7-3-6-8(9)4-1;1-3-2;/h1-10H,11-12H2;1-5,7-8H,9H2;1-7H;1-2H3;/q;2*-1;;+2. The maximum atomic E-state index is 3.30. The average molecular weight is 569 g/mol. The fraction of sp³-hybridized carbons (Fsp3) is 0.132. The third kappa shape index (κ3) is 9.38. The van der Waals surface area contributed by atoms with E-state index in [0.717, 1.165) is 28.8 Å². The van der Waals surface area contributed by atoms with Gasteiger partial charge in [-0.2, -0.15) is 47.3 Å². The summed E-state index contributed by atoms with van der Waals surface area (Å²) in [4.78, 5) is 0. The molecule has 0 heterocycles. The first-order valence-corrected chi connectivity index (χ1v) is 15.6. The molecule has 0 aromatic heterocycles. The van der Waals surface area contributed by atoms with Gasteiger partial charge in [0.25, 0.3) is 0 Å². The van der Waals surface area contributed by atoms with E-state index in [1.54, 1.807) is 0 Å². The van der Waals surface area contributed by atoms with Gasteiger partial charge in [-0.05, 0) is 30.4 Å². The van der Waals surface area contributed by atoms with Gasteiger partial charge in [-0.15, -0.1) is 35.2 Å². The Morgan fingerprint density at radius 1 is 0.625 bits per heavy atom. The van der Waals surface area contributed by atoms with E-state index in [1.807, 2.05) is 6.07 Å². The van der Waals surface area contributed by atoms with Crippen molar-refractivity contribution < 1.29 is 21.7 Å². The van der Waals surface area contributed by atoms with Crippen molar-refractivity contribution in [3.63, 3.8) is 0 Å². The van der Waals surface area contributed by atoms with Crippen molar-refractivity contribution in [1.82, 2.24) is 0 Å². The summed E-state index contributed by atoms with van der Waals surface area (Å²) in [5.41, 5.74) is 8.34. The summed E-state index contributed by atoms with van der Waals surface area (Å²) in [7, 11) is 1.08. The number of fused-ring (bicyclic) bond motifs is 4. The Bertz CT molecular complexity index is 1410. The van der Waals surface area contributed by atoms with Crippen LogP contribution >= 0.6 is 0 Å². The number of aryl methyl sites for hydroxylation is 2. The third-order valence-electron chi connectivity index (χ3n) is 6.55. The molecular formula is C38H36SiTi. The molecule has 6 aromatic carbocycles. The molecule has 0 unspecified atom stereocenters. The molecule has 0 N–H and O–H groups in total. The molecule has 0 spiro atoms. The second-order valence-electron chi connectivity index (χ2n) is 9.52. The molecule has 0 saturated carbocycles. The summed E-state index contributed by atoms with van der Waals surface area (Å²) in [6.07, 6.45) is 3.31. The zero-order valence-electron chi connectivity index (χ0n) is 23.5. The van der Waals surface area contributed by atoms with E-state index in [9.17, 15) is 0 Å². The molecule has 0 bridgehead atoms. The predicted octanol–water partition coefficient (Wildman–Crippen LogP) is 9.87. The van der Waals surface area contributed by atoms with E-state index in [0.29, 0.717) is 0 Å². The van der Waals surface area contributed by atoms with Crippen molar-refractivity contribution in [3.05, 3.63) is 174 Å². The summed E-state index contributed by atoms with van der Waals surface area (Å²) < 4.78 is 0. The van der Waals surface area contributed by atoms with Crippen LogP contribution < -0.4 is 0 Å². The fourth-order valence-corrected chi connectivity index (χ4v) is 4.65. The van der Waals surface area contributed by atoms with Gasteiger partial charge in [0, 0.05) is 9.52 Å². The second-order valence-corrected chi connectivity index (χ2v) is 10.5. The van der Waals surface area contributed by atoms with Crippen LogP contribution in [0.1, 0.15) is 22.3 Å². The molecule has 1 aliphatic carbocycles. The Labute approximate surface area is 258 Å². The summed E-state index contributed by atoms with van der Waals surface area (Å²) in [5, 5.41) is 2.66. The van der Waals surface area contributed by atoms with Gasteiger partial charge in [0.15, 0.2) is 0 Å². The first-order chi connectivity index (χ1) is 19.3. The first kappa shape index (κ1) is 31.2. The van der Waals surface area contributed by atoms with Crippen LogP contribution in [0.15, 0.2) is 146 Å². The van der Waals surface area contributed by atoms with Crippen LogP contribution in [0.4, 0.5) is 0 Å². The molecule has 0 amide bonds. The molecule has 0 saturated heterocycles. The van der Waals surface area contributed by atoms with Crippen LogP contribution in [-0.2, 0) is 41.0 Å². The molecular weight excluding hydrogens is 532 g/mol. The van der Waals surface area contributed by atoms with Crippen LogP contribution in [0, 0.1) is 6.07 Å². The molecule has 2 heteroatoms. The Hall–Kier alpha value is -3.36. The number of hydrogen-bond acceptors (Lipinski definition) is 0. The summed E-state index contributed by atoms with van der Waals surface area (Å²) in [5.74, 6) is 0. The number of benzene rings is 5. The van der Waals surface area contributed by atoms with E-state index in [1.165, 1.54) is 44.2 Å². The zero-order valence-corrected chi connectivity index (χ0v) is 26.0. The SMILES string of the molecule is C[Si]C.[Ti+2].[c-]1cccc2c1Cc1ccccc1-2.c1ccc(CCc2ccccc2)cc1.c1ccc2[cH-]ccc2c1. The normalized spacial score (nSPS) is 10.2. The molecule has 1 aliphatic rings. The Kier molecular flexibility index (Phi) is 13.5. The van der Waals surface area contributed by atoms with Crippen LogP contribution in [0.5, 0.6) is 0 Å². The Morgan fingerprint density at radius 2 is 1.18 bits per heavy atom. The maximum absolute atomic E-state index is 3.30. The molecule has 0 fully saturated rings. The zero-order chi connectivity index (χ0) is 27.1. The first-order valence-electron chi connectivity index (χ1n) is 13.6. The predicted molar refractivity (Wildman–Crippen MR) is 171 cm³/mol. The molecule has 0 atom stereocenters. The molecule has 40 heavy (non-hydrogen) atoms. The molecule has 0 nitrogen and oxygen atoms in total. The van der Waals surface area contributed by atoms with Gasteiger partial charge in [0.1, 0.15) is 0 Å². The van der Waals surface area contributed by atoms with Crippen molar-refractivity contribution in [2.75, 3.05) is 0 Å². The minimum Gasteiger partial charge on any atom is -0.179 e. The smallest absolute Gasteiger partial charge is 0.179 e. The largest absolute Gasteiger partial charge is 2.00 e. The fourth-order valence-electron chi connectivity index (χ4n) is 4.65. The topological polar surface area (TPSA) is 0 Å². The summed E-state index contributed by atoms with van der Waals surface area (Å²) in [6, 6.07) is 54.0. The van der Waals surface area contributed by atoms with Gasteiger partial charge in [-0.1, -0.05) is 115 Å². The quantitative estimate of drug-likeness (QED) is 0.147. The number of hydrogen-bond donors (Lipinski definition) is 0. The van der Waals surface area contributed by atoms with E-state index in [2.05, 4.69) is 159 Å². The van der Waals surface area contributed by atoms with Gasteiger partial charge in [-0.25, -0.2) is 0 Å². The average Bonchev–Trinajstić information content (AvgIpc) is 3.63. The van der Waals surface area contributed by atoms with E-state index >= 15 is 0 Å². The van der Waals surface area contributed by atoms with Crippen LogP contribution in [0.25, 0.3) is 21.9 Å². The minimum absolute atomic E-state index is 0. The Balaban J connectivity index is 0.000000158. The molecule has 6 aromatic rings. The summed E-state index contributed by atoms with van der Waals surface area (Å²) in [6.45, 7) is 4.31. The van der Waals surface area contributed by atoms with Crippen molar-refractivity contribution >= 4 is 20.3 Å². The van der Waals surface area contributed by atoms with E-state index in [4.69, 9.17) is 0 Å². The van der Waals surface area contributed by atoms with Gasteiger partial charge < -0.3 is 0 Å².